The second-order valence-electron chi connectivity index (χ2n) is 10.8. The third-order valence-corrected chi connectivity index (χ3v) is 7.22. The van der Waals surface area contributed by atoms with Crippen LogP contribution in [0.4, 0.5) is 0 Å². The number of fused-ring (bicyclic) bond motifs is 2. The number of rotatable bonds is 5. The average molecular weight is 617 g/mol. The Morgan fingerprint density at radius 3 is 1.09 bits per heavy atom. The summed E-state index contributed by atoms with van der Waals surface area (Å²) in [5, 5.41) is 66.4. The summed E-state index contributed by atoms with van der Waals surface area (Å²) < 4.78 is 8.88. The van der Waals surface area contributed by atoms with Crippen LogP contribution < -0.4 is 0 Å². The molecule has 0 spiro atoms. The SMILES string of the molecule is Cc1cc2c(C(C)C)c(O)c(O)c(C=O)c2c(O)c1-c1c(C)cc2c(C(C)C)c(O)c(O)c(C=O)c2c1O.O=P(O)(O)O. The third-order valence-electron chi connectivity index (χ3n) is 7.22. The fourth-order valence-corrected chi connectivity index (χ4v) is 5.60. The van der Waals surface area contributed by atoms with Crippen molar-refractivity contribution >= 4 is 41.9 Å². The van der Waals surface area contributed by atoms with Crippen LogP contribution in [-0.2, 0) is 4.57 Å². The fourth-order valence-electron chi connectivity index (χ4n) is 5.60. The Morgan fingerprint density at radius 1 is 0.581 bits per heavy atom. The van der Waals surface area contributed by atoms with Crippen molar-refractivity contribution in [1.29, 1.82) is 0 Å². The van der Waals surface area contributed by atoms with Gasteiger partial charge in [0.1, 0.15) is 11.5 Å². The van der Waals surface area contributed by atoms with Crippen LogP contribution >= 0.6 is 7.82 Å². The average Bonchev–Trinajstić information content (AvgIpc) is 2.87. The van der Waals surface area contributed by atoms with Gasteiger partial charge in [-0.2, -0.15) is 0 Å². The monoisotopic (exact) mass is 616 g/mol. The Balaban J connectivity index is 0.000000934. The number of phenolic OH excluding ortho intramolecular Hbond substituents is 6. The predicted octanol–water partition coefficient (Wildman–Crippen LogP) is 5.45. The molecule has 0 aliphatic heterocycles. The van der Waals surface area contributed by atoms with Crippen molar-refractivity contribution in [3.63, 3.8) is 0 Å². The van der Waals surface area contributed by atoms with Gasteiger partial charge in [0.25, 0.3) is 0 Å². The van der Waals surface area contributed by atoms with Crippen molar-refractivity contribution in [3.8, 4) is 45.6 Å². The first kappa shape index (κ1) is 33.2. The minimum absolute atomic E-state index is 0.00512. The molecule has 0 heterocycles. The molecular weight excluding hydrogens is 583 g/mol. The number of aldehydes is 2. The molecule has 0 aliphatic carbocycles. The molecule has 0 radical (unpaired) electrons. The minimum atomic E-state index is -4.64. The lowest BCUT2D eigenvalue weighted by Gasteiger charge is -2.23. The molecule has 4 aromatic rings. The van der Waals surface area contributed by atoms with E-state index >= 15 is 0 Å². The molecular formula is C30H33O12P. The first-order valence-electron chi connectivity index (χ1n) is 13.0. The molecule has 0 amide bonds. The van der Waals surface area contributed by atoms with Crippen molar-refractivity contribution in [2.45, 2.75) is 53.4 Å². The van der Waals surface area contributed by atoms with Gasteiger partial charge >= 0.3 is 7.82 Å². The molecule has 12 nitrogen and oxygen atoms in total. The molecule has 0 atom stereocenters. The molecule has 0 aliphatic rings. The third kappa shape index (κ3) is 5.70. The van der Waals surface area contributed by atoms with E-state index in [1.165, 1.54) is 0 Å². The highest BCUT2D eigenvalue weighted by Crippen LogP contribution is 2.54. The van der Waals surface area contributed by atoms with Gasteiger partial charge in [-0.1, -0.05) is 39.8 Å². The summed E-state index contributed by atoms with van der Waals surface area (Å²) in [5.41, 5.74) is 1.33. The summed E-state index contributed by atoms with van der Waals surface area (Å²) >= 11 is 0. The van der Waals surface area contributed by atoms with Crippen LogP contribution in [0.25, 0.3) is 32.7 Å². The van der Waals surface area contributed by atoms with Crippen LogP contribution in [-0.4, -0.2) is 57.9 Å². The Labute approximate surface area is 246 Å². The lowest BCUT2D eigenvalue weighted by molar-refractivity contribution is 0.111. The quantitative estimate of drug-likeness (QED) is 0.0773. The van der Waals surface area contributed by atoms with Crippen molar-refractivity contribution in [2.75, 3.05) is 0 Å². The summed E-state index contributed by atoms with van der Waals surface area (Å²) in [5.74, 6) is -3.57. The first-order valence-corrected chi connectivity index (χ1v) is 14.5. The van der Waals surface area contributed by atoms with Crippen molar-refractivity contribution in [2.24, 2.45) is 0 Å². The van der Waals surface area contributed by atoms with Gasteiger partial charge in [0.05, 0.1) is 11.1 Å². The van der Waals surface area contributed by atoms with Gasteiger partial charge in [0.2, 0.25) is 0 Å². The molecule has 0 fully saturated rings. The van der Waals surface area contributed by atoms with E-state index in [-0.39, 0.29) is 44.9 Å². The minimum Gasteiger partial charge on any atom is -0.507 e. The zero-order valence-corrected chi connectivity index (χ0v) is 25.1. The van der Waals surface area contributed by atoms with Gasteiger partial charge in [-0.15, -0.1) is 0 Å². The van der Waals surface area contributed by atoms with Crippen LogP contribution in [0.1, 0.15) is 82.5 Å². The van der Waals surface area contributed by atoms with Gasteiger partial charge in [-0.3, -0.25) is 9.59 Å². The van der Waals surface area contributed by atoms with E-state index in [1.807, 2.05) is 0 Å². The number of carbonyl (C=O) groups excluding carboxylic acids is 2. The molecule has 0 unspecified atom stereocenters. The highest BCUT2D eigenvalue weighted by Gasteiger charge is 2.29. The molecule has 0 bridgehead atoms. The number of phosphoric acid groups is 1. The van der Waals surface area contributed by atoms with E-state index < -0.39 is 42.3 Å². The summed E-state index contributed by atoms with van der Waals surface area (Å²) in [4.78, 5) is 45.6. The number of carbonyl (C=O) groups is 2. The summed E-state index contributed by atoms with van der Waals surface area (Å²) in [6, 6.07) is 3.31. The topological polar surface area (TPSA) is 233 Å². The van der Waals surface area contributed by atoms with E-state index in [4.69, 9.17) is 19.2 Å². The van der Waals surface area contributed by atoms with Crippen LogP contribution in [0.5, 0.6) is 34.5 Å². The summed E-state index contributed by atoms with van der Waals surface area (Å²) in [6.07, 6.45) is 0.682. The Hall–Kier alpha value is -4.35. The maximum atomic E-state index is 12.0. The van der Waals surface area contributed by atoms with Crippen molar-refractivity contribution in [1.82, 2.24) is 0 Å². The van der Waals surface area contributed by atoms with Crippen LogP contribution in [0.2, 0.25) is 0 Å². The van der Waals surface area contributed by atoms with Gasteiger partial charge < -0.3 is 45.3 Å². The number of hydrogen-bond acceptors (Lipinski definition) is 9. The zero-order chi connectivity index (χ0) is 32.9. The lowest BCUT2D eigenvalue weighted by Crippen LogP contribution is -2.01. The number of benzene rings is 4. The first-order chi connectivity index (χ1) is 19.8. The Bertz CT molecular complexity index is 1720. The van der Waals surface area contributed by atoms with Crippen molar-refractivity contribution < 1.29 is 59.5 Å². The molecule has 0 saturated carbocycles. The molecule has 0 aromatic heterocycles. The number of phenols is 6. The largest absolute Gasteiger partial charge is 0.507 e. The van der Waals surface area contributed by atoms with Crippen molar-refractivity contribution in [3.05, 3.63) is 45.5 Å². The zero-order valence-electron chi connectivity index (χ0n) is 24.2. The van der Waals surface area contributed by atoms with Gasteiger partial charge in [0.15, 0.2) is 35.6 Å². The summed E-state index contributed by atoms with van der Waals surface area (Å²) in [6.45, 7) is 10.5. The van der Waals surface area contributed by atoms with Gasteiger partial charge in [-0.05, 0) is 47.6 Å². The number of aryl methyl sites for hydroxylation is 2. The molecule has 4 aromatic carbocycles. The predicted molar refractivity (Wildman–Crippen MR) is 160 cm³/mol. The smallest absolute Gasteiger partial charge is 0.466 e. The van der Waals surface area contributed by atoms with Crippen LogP contribution in [0.15, 0.2) is 12.1 Å². The maximum Gasteiger partial charge on any atom is 0.466 e. The van der Waals surface area contributed by atoms with Crippen LogP contribution in [0, 0.1) is 13.8 Å². The number of hydrogen-bond donors (Lipinski definition) is 9. The van der Waals surface area contributed by atoms with E-state index in [2.05, 4.69) is 0 Å². The molecule has 0 saturated heterocycles. The second-order valence-corrected chi connectivity index (χ2v) is 11.8. The Morgan fingerprint density at radius 2 is 0.860 bits per heavy atom. The highest BCUT2D eigenvalue weighted by molar-refractivity contribution is 7.45. The molecule has 13 heteroatoms. The van der Waals surface area contributed by atoms with E-state index in [0.717, 1.165) is 0 Å². The van der Waals surface area contributed by atoms with Gasteiger partial charge in [-0.25, -0.2) is 4.57 Å². The summed E-state index contributed by atoms with van der Waals surface area (Å²) in [7, 11) is -4.64. The van der Waals surface area contributed by atoms with Gasteiger partial charge in [0, 0.05) is 33.0 Å². The molecule has 9 N–H and O–H groups in total. The maximum absolute atomic E-state index is 12.0. The lowest BCUT2D eigenvalue weighted by atomic mass is 9.83. The fraction of sp³-hybridized carbons (Fsp3) is 0.267. The molecule has 43 heavy (non-hydrogen) atoms. The van der Waals surface area contributed by atoms with Crippen LogP contribution in [0.3, 0.4) is 0 Å². The second kappa shape index (κ2) is 11.7. The van der Waals surface area contributed by atoms with E-state index in [9.17, 15) is 40.2 Å². The van der Waals surface area contributed by atoms with E-state index in [1.54, 1.807) is 53.7 Å². The highest BCUT2D eigenvalue weighted by atomic mass is 31.2. The normalized spacial score (nSPS) is 11.7. The molecule has 230 valence electrons. The number of aromatic hydroxyl groups is 6. The Kier molecular flexibility index (Phi) is 9.05. The molecule has 4 rings (SSSR count). The standard InChI is InChI=1S/C30H30O8.H3O4P/c1-11(2)19-15-7-13(5)21(27(35)23(15)17(9-31)25(33)29(19)37)22-14(6)8-16-20(12(3)4)30(38)26(34)18(10-32)24(16)28(22)36;1-5(2,3)4/h7-12,33-38H,1-6H3;(H3,1,2,3,4). The van der Waals surface area contributed by atoms with E-state index in [0.29, 0.717) is 45.6 Å².